The topological polar surface area (TPSA) is 46.3 Å². The summed E-state index contributed by atoms with van der Waals surface area (Å²) in [6, 6.07) is 10.4. The Morgan fingerprint density at radius 2 is 1.83 bits per heavy atom. The molecule has 1 fully saturated rings. The summed E-state index contributed by atoms with van der Waals surface area (Å²) < 4.78 is 15.7. The molecule has 1 saturated heterocycles. The van der Waals surface area contributed by atoms with E-state index in [-0.39, 0.29) is 5.82 Å². The van der Waals surface area contributed by atoms with Crippen molar-refractivity contribution in [1.82, 2.24) is 19.8 Å². The summed E-state index contributed by atoms with van der Waals surface area (Å²) >= 11 is 0. The van der Waals surface area contributed by atoms with E-state index in [4.69, 9.17) is 0 Å². The SMILES string of the molecule is CC1CCN(c2ccc3nnc(-c4ccccc4F)n3n2)CC1. The molecule has 0 N–H and O–H groups in total. The van der Waals surface area contributed by atoms with Crippen molar-refractivity contribution in [2.45, 2.75) is 19.8 Å². The molecule has 0 radical (unpaired) electrons. The summed E-state index contributed by atoms with van der Waals surface area (Å²) in [5.41, 5.74) is 1.04. The summed E-state index contributed by atoms with van der Waals surface area (Å²) in [5, 5.41) is 12.9. The fourth-order valence-corrected chi connectivity index (χ4v) is 3.00. The number of anilines is 1. The van der Waals surface area contributed by atoms with Gasteiger partial charge in [0.2, 0.25) is 0 Å². The lowest BCUT2D eigenvalue weighted by Gasteiger charge is -2.30. The van der Waals surface area contributed by atoms with Gasteiger partial charge in [-0.15, -0.1) is 15.3 Å². The van der Waals surface area contributed by atoms with Gasteiger partial charge in [-0.25, -0.2) is 4.39 Å². The zero-order valence-corrected chi connectivity index (χ0v) is 13.0. The van der Waals surface area contributed by atoms with Crippen molar-refractivity contribution >= 4 is 11.5 Å². The van der Waals surface area contributed by atoms with Gasteiger partial charge in [0.05, 0.1) is 5.56 Å². The Morgan fingerprint density at radius 1 is 1.04 bits per heavy atom. The molecule has 1 aliphatic heterocycles. The number of benzene rings is 1. The number of hydrogen-bond donors (Lipinski definition) is 0. The highest BCUT2D eigenvalue weighted by atomic mass is 19.1. The molecule has 6 heteroatoms. The fraction of sp³-hybridized carbons (Fsp3) is 0.353. The van der Waals surface area contributed by atoms with Gasteiger partial charge in [-0.2, -0.15) is 4.52 Å². The second-order valence-electron chi connectivity index (χ2n) is 6.13. The van der Waals surface area contributed by atoms with Crippen LogP contribution in [-0.2, 0) is 0 Å². The van der Waals surface area contributed by atoms with Crippen LogP contribution in [0.1, 0.15) is 19.8 Å². The Hall–Kier alpha value is -2.50. The Bertz CT molecular complexity index is 836. The van der Waals surface area contributed by atoms with Crippen molar-refractivity contribution in [2.24, 2.45) is 5.92 Å². The third kappa shape index (κ3) is 2.54. The minimum Gasteiger partial charge on any atom is -0.355 e. The first-order chi connectivity index (χ1) is 11.2. The number of nitrogens with zero attached hydrogens (tertiary/aromatic N) is 5. The van der Waals surface area contributed by atoms with Crippen LogP contribution in [-0.4, -0.2) is 32.9 Å². The molecule has 0 atom stereocenters. The third-order valence-electron chi connectivity index (χ3n) is 4.47. The first kappa shape index (κ1) is 14.1. The number of rotatable bonds is 2. The predicted molar refractivity (Wildman–Crippen MR) is 86.8 cm³/mol. The van der Waals surface area contributed by atoms with Gasteiger partial charge in [-0.05, 0) is 43.0 Å². The zero-order chi connectivity index (χ0) is 15.8. The zero-order valence-electron chi connectivity index (χ0n) is 13.0. The highest BCUT2D eigenvalue weighted by molar-refractivity contribution is 5.60. The van der Waals surface area contributed by atoms with E-state index in [2.05, 4.69) is 27.1 Å². The van der Waals surface area contributed by atoms with Crippen LogP contribution in [0, 0.1) is 11.7 Å². The first-order valence-electron chi connectivity index (χ1n) is 7.94. The second kappa shape index (κ2) is 5.61. The quantitative estimate of drug-likeness (QED) is 0.729. The maximum atomic E-state index is 14.1. The van der Waals surface area contributed by atoms with Crippen LogP contribution in [0.25, 0.3) is 17.0 Å². The molecule has 0 amide bonds. The van der Waals surface area contributed by atoms with Crippen molar-refractivity contribution < 1.29 is 4.39 Å². The second-order valence-corrected chi connectivity index (χ2v) is 6.13. The minimum atomic E-state index is -0.319. The van der Waals surface area contributed by atoms with Gasteiger partial charge in [-0.1, -0.05) is 19.1 Å². The molecule has 3 heterocycles. The normalized spacial score (nSPS) is 16.2. The summed E-state index contributed by atoms with van der Waals surface area (Å²) in [4.78, 5) is 2.27. The maximum absolute atomic E-state index is 14.1. The van der Waals surface area contributed by atoms with E-state index in [1.807, 2.05) is 12.1 Å². The van der Waals surface area contributed by atoms with Gasteiger partial charge in [0, 0.05) is 13.1 Å². The molecular formula is C17H18FN5. The average Bonchev–Trinajstić information content (AvgIpc) is 2.99. The summed E-state index contributed by atoms with van der Waals surface area (Å²) in [6.45, 7) is 4.28. The van der Waals surface area contributed by atoms with Crippen molar-refractivity contribution in [1.29, 1.82) is 0 Å². The first-order valence-corrected chi connectivity index (χ1v) is 7.94. The molecule has 118 valence electrons. The number of aromatic nitrogens is 4. The number of piperidine rings is 1. The fourth-order valence-electron chi connectivity index (χ4n) is 3.00. The monoisotopic (exact) mass is 311 g/mol. The van der Waals surface area contributed by atoms with Crippen molar-refractivity contribution in [2.75, 3.05) is 18.0 Å². The molecule has 4 rings (SSSR count). The van der Waals surface area contributed by atoms with Crippen LogP contribution < -0.4 is 4.90 Å². The summed E-state index contributed by atoms with van der Waals surface area (Å²) in [7, 11) is 0. The Labute approximate surface area is 133 Å². The number of halogens is 1. The minimum absolute atomic E-state index is 0.319. The van der Waals surface area contributed by atoms with Gasteiger partial charge >= 0.3 is 0 Å². The van der Waals surface area contributed by atoms with Gasteiger partial charge in [0.1, 0.15) is 11.6 Å². The standard InChI is InChI=1S/C17H18FN5/c1-12-8-10-22(11-9-12)16-7-6-15-19-20-17(23(15)21-16)13-4-2-3-5-14(13)18/h2-7,12H,8-11H2,1H3. The average molecular weight is 311 g/mol. The lowest BCUT2D eigenvalue weighted by atomic mass is 9.99. The van der Waals surface area contributed by atoms with Crippen molar-refractivity contribution in [3.8, 4) is 11.4 Å². The van der Waals surface area contributed by atoms with Crippen molar-refractivity contribution in [3.05, 3.63) is 42.2 Å². The molecule has 2 aromatic heterocycles. The summed E-state index contributed by atoms with van der Waals surface area (Å²) in [6.07, 6.45) is 2.34. The Morgan fingerprint density at radius 3 is 2.61 bits per heavy atom. The molecule has 0 bridgehead atoms. The molecule has 23 heavy (non-hydrogen) atoms. The highest BCUT2D eigenvalue weighted by Gasteiger charge is 2.19. The molecule has 0 spiro atoms. The van der Waals surface area contributed by atoms with E-state index >= 15 is 0 Å². The van der Waals surface area contributed by atoms with Gasteiger partial charge < -0.3 is 4.90 Å². The van der Waals surface area contributed by atoms with Gasteiger partial charge in [0.25, 0.3) is 0 Å². The molecule has 0 saturated carbocycles. The van der Waals surface area contributed by atoms with E-state index in [0.717, 1.165) is 24.8 Å². The smallest absolute Gasteiger partial charge is 0.188 e. The Kier molecular flexibility index (Phi) is 3.44. The van der Waals surface area contributed by atoms with E-state index in [0.29, 0.717) is 17.0 Å². The predicted octanol–water partition coefficient (Wildman–Crippen LogP) is 3.17. The number of fused-ring (bicyclic) bond motifs is 1. The lowest BCUT2D eigenvalue weighted by molar-refractivity contribution is 0.435. The molecule has 1 aromatic carbocycles. The van der Waals surface area contributed by atoms with Crippen molar-refractivity contribution in [3.63, 3.8) is 0 Å². The molecular weight excluding hydrogens is 293 g/mol. The van der Waals surface area contributed by atoms with E-state index in [1.54, 1.807) is 22.7 Å². The van der Waals surface area contributed by atoms with Crippen LogP contribution in [0.3, 0.4) is 0 Å². The largest absolute Gasteiger partial charge is 0.355 e. The third-order valence-corrected chi connectivity index (χ3v) is 4.47. The number of hydrogen-bond acceptors (Lipinski definition) is 4. The van der Waals surface area contributed by atoms with Gasteiger partial charge in [0.15, 0.2) is 11.5 Å². The molecule has 3 aromatic rings. The van der Waals surface area contributed by atoms with E-state index in [1.165, 1.54) is 18.9 Å². The van der Waals surface area contributed by atoms with Crippen LogP contribution in [0.5, 0.6) is 0 Å². The Balaban J connectivity index is 1.76. The molecule has 1 aliphatic rings. The van der Waals surface area contributed by atoms with Crippen LogP contribution in [0.15, 0.2) is 36.4 Å². The van der Waals surface area contributed by atoms with Crippen LogP contribution in [0.2, 0.25) is 0 Å². The highest BCUT2D eigenvalue weighted by Crippen LogP contribution is 2.24. The molecule has 5 nitrogen and oxygen atoms in total. The maximum Gasteiger partial charge on any atom is 0.188 e. The van der Waals surface area contributed by atoms with Gasteiger partial charge in [-0.3, -0.25) is 0 Å². The lowest BCUT2D eigenvalue weighted by Crippen LogP contribution is -2.33. The molecule has 0 unspecified atom stereocenters. The molecule has 0 aliphatic carbocycles. The summed E-state index contributed by atoms with van der Waals surface area (Å²) in [5.74, 6) is 1.77. The van der Waals surface area contributed by atoms with E-state index < -0.39 is 0 Å². The van der Waals surface area contributed by atoms with Crippen LogP contribution in [0.4, 0.5) is 10.2 Å². The van der Waals surface area contributed by atoms with Crippen LogP contribution >= 0.6 is 0 Å². The van der Waals surface area contributed by atoms with E-state index in [9.17, 15) is 4.39 Å².